The predicted octanol–water partition coefficient (Wildman–Crippen LogP) is 1.51. The van der Waals surface area contributed by atoms with Crippen molar-refractivity contribution in [3.05, 3.63) is 0 Å². The number of hydrogen-bond acceptors (Lipinski definition) is 1. The molecule has 1 saturated carbocycles. The van der Waals surface area contributed by atoms with Gasteiger partial charge in [0.1, 0.15) is 0 Å². The Hall–Kier alpha value is 0.150. The lowest BCUT2D eigenvalue weighted by Gasteiger charge is -1.94. The maximum atomic E-state index is 6.97. The molecule has 2 heteroatoms. The van der Waals surface area contributed by atoms with Crippen LogP contribution in [0.2, 0.25) is 0 Å². The zero-order valence-electron chi connectivity index (χ0n) is 4.35. The van der Waals surface area contributed by atoms with Crippen LogP contribution >= 0.6 is 0 Å². The lowest BCUT2D eigenvalue weighted by molar-refractivity contribution is 0.886. The normalized spacial score (nSPS) is 23.4. The van der Waals surface area contributed by atoms with E-state index >= 15 is 0 Å². The molecule has 0 atom stereocenters. The van der Waals surface area contributed by atoms with Crippen molar-refractivity contribution in [3.63, 3.8) is 0 Å². The molecule has 0 amide bonds. The van der Waals surface area contributed by atoms with Crippen molar-refractivity contribution < 1.29 is 0 Å². The molecule has 0 spiro atoms. The minimum atomic E-state index is 0.736. The van der Waals surface area contributed by atoms with Gasteiger partial charge in [0.15, 0.2) is 0 Å². The summed E-state index contributed by atoms with van der Waals surface area (Å²) in [5, 5.41) is 0.736. The van der Waals surface area contributed by atoms with Crippen LogP contribution in [0, 0.1) is 4.78 Å². The Labute approximate surface area is 48.0 Å². The van der Waals surface area contributed by atoms with Crippen molar-refractivity contribution in [1.82, 2.24) is 0 Å². The van der Waals surface area contributed by atoms with E-state index in [0.29, 0.717) is 0 Å². The first-order valence-electron chi connectivity index (χ1n) is 2.80. The summed E-state index contributed by atoms with van der Waals surface area (Å²) in [5.74, 6) is 0. The van der Waals surface area contributed by atoms with Gasteiger partial charge >= 0.3 is 0 Å². The highest BCUT2D eigenvalue weighted by Crippen LogP contribution is 2.18. The molecule has 0 radical (unpaired) electrons. The molecule has 0 aromatic carbocycles. The Kier molecular flexibility index (Phi) is 1.86. The van der Waals surface area contributed by atoms with Crippen LogP contribution in [0.1, 0.15) is 25.7 Å². The fourth-order valence-corrected chi connectivity index (χ4v) is 1.66. The third kappa shape index (κ3) is 1.27. The maximum absolute atomic E-state index is 6.97. The zero-order valence-corrected chi connectivity index (χ0v) is 5.25. The fraction of sp³-hybridized carbons (Fsp3) is 1.00. The van der Waals surface area contributed by atoms with Gasteiger partial charge in [0.2, 0.25) is 0 Å². The van der Waals surface area contributed by atoms with Gasteiger partial charge in [-0.25, -0.2) is 0 Å². The van der Waals surface area contributed by atoms with E-state index in [9.17, 15) is 0 Å². The number of nitrogens with one attached hydrogen (secondary N) is 1. The van der Waals surface area contributed by atoms with Crippen LogP contribution in [-0.4, -0.2) is 5.25 Å². The highest BCUT2D eigenvalue weighted by atomic mass is 32.1. The van der Waals surface area contributed by atoms with Crippen molar-refractivity contribution in [1.29, 1.82) is 4.78 Å². The molecule has 0 saturated heterocycles. The van der Waals surface area contributed by atoms with Gasteiger partial charge in [-0.15, -0.1) is 11.6 Å². The number of hydrogen-bond donors (Lipinski definition) is 2. The summed E-state index contributed by atoms with van der Waals surface area (Å²) in [6, 6.07) is 0. The molecule has 0 heterocycles. The van der Waals surface area contributed by atoms with E-state index in [4.69, 9.17) is 4.78 Å². The second-order valence-electron chi connectivity index (χ2n) is 2.07. The highest BCUT2D eigenvalue weighted by Gasteiger charge is 2.10. The highest BCUT2D eigenvalue weighted by molar-refractivity contribution is 7.67. The summed E-state index contributed by atoms with van der Waals surface area (Å²) in [6.07, 6.45) is 5.36. The lowest BCUT2D eigenvalue weighted by atomic mass is 10.4. The summed E-state index contributed by atoms with van der Waals surface area (Å²) in [6.45, 7) is 0. The van der Waals surface area contributed by atoms with Gasteiger partial charge in [-0.3, -0.25) is 4.78 Å². The van der Waals surface area contributed by atoms with Gasteiger partial charge in [0.05, 0.1) is 0 Å². The summed E-state index contributed by atoms with van der Waals surface area (Å²) in [7, 11) is 0. The molecule has 1 aliphatic rings. The van der Waals surface area contributed by atoms with E-state index in [2.05, 4.69) is 0 Å². The maximum Gasteiger partial charge on any atom is 0.0124 e. The van der Waals surface area contributed by atoms with Crippen molar-refractivity contribution in [2.75, 3.05) is 0 Å². The van der Waals surface area contributed by atoms with E-state index in [1.807, 2.05) is 0 Å². The molecule has 0 aliphatic heterocycles. The predicted molar refractivity (Wildman–Crippen MR) is 33.7 cm³/mol. The van der Waals surface area contributed by atoms with Crippen LogP contribution < -0.4 is 0 Å². The Morgan fingerprint density at radius 3 is 2.14 bits per heavy atom. The van der Waals surface area contributed by atoms with Crippen LogP contribution in [0.3, 0.4) is 0 Å². The van der Waals surface area contributed by atoms with Gasteiger partial charge in [-0.05, 0) is 12.8 Å². The first kappa shape index (κ1) is 5.29. The van der Waals surface area contributed by atoms with Crippen LogP contribution in [0.15, 0.2) is 0 Å². The second-order valence-corrected chi connectivity index (χ2v) is 3.06. The van der Waals surface area contributed by atoms with E-state index in [1.54, 1.807) is 0 Å². The zero-order chi connectivity index (χ0) is 5.11. The Morgan fingerprint density at radius 1 is 1.29 bits per heavy atom. The molecule has 1 nitrogen and oxygen atoms in total. The van der Waals surface area contributed by atoms with Crippen LogP contribution in [0.4, 0.5) is 0 Å². The monoisotopic (exact) mass is 117 g/mol. The lowest BCUT2D eigenvalue weighted by Crippen LogP contribution is -1.94. The SMILES string of the molecule is N=[SH]C1CCCC1. The van der Waals surface area contributed by atoms with E-state index in [-0.39, 0.29) is 0 Å². The molecule has 0 unspecified atom stereocenters. The van der Waals surface area contributed by atoms with Crippen molar-refractivity contribution >= 4 is 11.6 Å². The largest absolute Gasteiger partial charge is 0.283 e. The minimum Gasteiger partial charge on any atom is -0.283 e. The molecule has 0 aromatic rings. The molecule has 0 aromatic heterocycles. The van der Waals surface area contributed by atoms with Gasteiger partial charge in [0.25, 0.3) is 0 Å². The molecular formula is C5H11NS. The molecular weight excluding hydrogens is 106 g/mol. The van der Waals surface area contributed by atoms with E-state index < -0.39 is 0 Å². The molecule has 1 fully saturated rings. The molecule has 42 valence electrons. The number of rotatable bonds is 1. The summed E-state index contributed by atoms with van der Waals surface area (Å²) < 4.78 is 6.97. The number of thiol groups is 1. The summed E-state index contributed by atoms with van der Waals surface area (Å²) in [5.41, 5.74) is 0. The van der Waals surface area contributed by atoms with Crippen LogP contribution in [0.25, 0.3) is 0 Å². The molecule has 0 bridgehead atoms. The second kappa shape index (κ2) is 2.46. The quantitative estimate of drug-likeness (QED) is 0.486. The minimum absolute atomic E-state index is 0.736. The Balaban J connectivity index is 2.26. The van der Waals surface area contributed by atoms with Crippen molar-refractivity contribution in [3.8, 4) is 0 Å². The molecule has 1 N–H and O–H groups in total. The Bertz CT molecular complexity index is 66.5. The van der Waals surface area contributed by atoms with Crippen LogP contribution in [-0.2, 0) is 11.6 Å². The van der Waals surface area contributed by atoms with E-state index in [0.717, 1.165) is 16.8 Å². The Morgan fingerprint density at radius 2 is 1.86 bits per heavy atom. The smallest absolute Gasteiger partial charge is 0.0124 e. The van der Waals surface area contributed by atoms with Gasteiger partial charge in [-0.2, -0.15) is 0 Å². The third-order valence-corrected chi connectivity index (χ3v) is 2.39. The van der Waals surface area contributed by atoms with Gasteiger partial charge in [0, 0.05) is 5.25 Å². The third-order valence-electron chi connectivity index (χ3n) is 1.51. The van der Waals surface area contributed by atoms with Crippen LogP contribution in [0.5, 0.6) is 0 Å². The van der Waals surface area contributed by atoms with E-state index in [1.165, 1.54) is 25.7 Å². The topological polar surface area (TPSA) is 23.9 Å². The first-order chi connectivity index (χ1) is 3.43. The van der Waals surface area contributed by atoms with Gasteiger partial charge < -0.3 is 0 Å². The molecule has 1 rings (SSSR count). The summed E-state index contributed by atoms with van der Waals surface area (Å²) >= 11 is 0.872. The average molecular weight is 117 g/mol. The first-order valence-corrected chi connectivity index (χ1v) is 3.76. The fourth-order valence-electron chi connectivity index (χ4n) is 1.03. The van der Waals surface area contributed by atoms with Gasteiger partial charge in [-0.1, -0.05) is 12.8 Å². The standard InChI is InChI=1S/C5H11NS/c6-7-5-3-1-2-4-5/h5-7H,1-4H2. The molecule has 7 heavy (non-hydrogen) atoms. The van der Waals surface area contributed by atoms with Crippen molar-refractivity contribution in [2.45, 2.75) is 30.9 Å². The van der Waals surface area contributed by atoms with Crippen molar-refractivity contribution in [2.24, 2.45) is 0 Å². The average Bonchev–Trinajstić information content (AvgIpc) is 2.14. The summed E-state index contributed by atoms with van der Waals surface area (Å²) in [4.78, 5) is 0. The molecule has 1 aliphatic carbocycles.